The summed E-state index contributed by atoms with van der Waals surface area (Å²) < 4.78 is 28.0. The number of carbonyl (C=O) groups is 1. The molecule has 2 aromatic heterocycles. The molecule has 1 aliphatic rings. The van der Waals surface area contributed by atoms with E-state index in [4.69, 9.17) is 0 Å². The minimum Gasteiger partial charge on any atom is -0.344 e. The molecule has 3 heterocycles. The molecule has 0 amide bonds. The van der Waals surface area contributed by atoms with Crippen LogP contribution in [0.15, 0.2) is 11.2 Å². The standard InChI is InChI=1S/C21H31N3O3S2/c1-13(2)10-23-16(5)15(4)22-21(23)28-11-20(25)19-9-14(3)24(17(19)6)18-7-8-29(26,27)12-18/h9,13,18H,7-8,10-12H2,1-6H3. The summed E-state index contributed by atoms with van der Waals surface area (Å²) in [6.07, 6.45) is 0.617. The van der Waals surface area contributed by atoms with Crippen molar-refractivity contribution in [2.24, 2.45) is 5.92 Å². The average Bonchev–Trinajstić information content (AvgIpc) is 3.21. The molecule has 0 aliphatic carbocycles. The third kappa shape index (κ3) is 4.63. The van der Waals surface area contributed by atoms with Gasteiger partial charge in [0, 0.05) is 35.2 Å². The molecule has 1 fully saturated rings. The van der Waals surface area contributed by atoms with Crippen LogP contribution >= 0.6 is 11.8 Å². The molecule has 1 unspecified atom stereocenters. The summed E-state index contributed by atoms with van der Waals surface area (Å²) in [5.74, 6) is 1.27. The van der Waals surface area contributed by atoms with Gasteiger partial charge in [0.05, 0.1) is 23.0 Å². The molecule has 0 aromatic carbocycles. The van der Waals surface area contributed by atoms with Crippen LogP contribution in [0, 0.1) is 33.6 Å². The van der Waals surface area contributed by atoms with Gasteiger partial charge in [-0.25, -0.2) is 13.4 Å². The monoisotopic (exact) mass is 437 g/mol. The highest BCUT2D eigenvalue weighted by Crippen LogP contribution is 2.30. The van der Waals surface area contributed by atoms with Crippen LogP contribution in [-0.2, 0) is 16.4 Å². The van der Waals surface area contributed by atoms with Gasteiger partial charge < -0.3 is 9.13 Å². The second-order valence-corrected chi connectivity index (χ2v) is 11.7. The van der Waals surface area contributed by atoms with Crippen molar-refractivity contribution < 1.29 is 13.2 Å². The fraction of sp³-hybridized carbons (Fsp3) is 0.619. The molecular formula is C21H31N3O3S2. The van der Waals surface area contributed by atoms with Crippen LogP contribution in [0.25, 0.3) is 0 Å². The number of aromatic nitrogens is 3. The van der Waals surface area contributed by atoms with Crippen LogP contribution in [0.1, 0.15) is 59.4 Å². The van der Waals surface area contributed by atoms with Gasteiger partial charge in [-0.1, -0.05) is 25.6 Å². The number of imidazole rings is 1. The molecule has 29 heavy (non-hydrogen) atoms. The number of carbonyl (C=O) groups excluding carboxylic acids is 1. The van der Waals surface area contributed by atoms with E-state index < -0.39 is 9.84 Å². The number of nitrogens with zero attached hydrogens (tertiary/aromatic N) is 3. The first kappa shape index (κ1) is 22.2. The van der Waals surface area contributed by atoms with Gasteiger partial charge in [-0.2, -0.15) is 0 Å². The first-order chi connectivity index (χ1) is 13.5. The summed E-state index contributed by atoms with van der Waals surface area (Å²) >= 11 is 1.48. The van der Waals surface area contributed by atoms with Crippen molar-refractivity contribution in [1.29, 1.82) is 0 Å². The summed E-state index contributed by atoms with van der Waals surface area (Å²) in [7, 11) is -2.97. The third-order valence-corrected chi connectivity index (χ3v) is 8.39. The number of thioether (sulfide) groups is 1. The first-order valence-electron chi connectivity index (χ1n) is 10.1. The van der Waals surface area contributed by atoms with Gasteiger partial charge in [0.2, 0.25) is 0 Å². The number of rotatable bonds is 7. The van der Waals surface area contributed by atoms with Gasteiger partial charge in [-0.3, -0.25) is 4.79 Å². The molecule has 3 rings (SSSR count). The maximum absolute atomic E-state index is 13.0. The molecule has 1 aliphatic heterocycles. The number of sulfone groups is 1. The van der Waals surface area contributed by atoms with Crippen LogP contribution in [0.3, 0.4) is 0 Å². The quantitative estimate of drug-likeness (QED) is 0.485. The van der Waals surface area contributed by atoms with E-state index in [1.807, 2.05) is 31.4 Å². The number of hydrogen-bond acceptors (Lipinski definition) is 5. The predicted octanol–water partition coefficient (Wildman–Crippen LogP) is 3.91. The molecule has 1 atom stereocenters. The van der Waals surface area contributed by atoms with E-state index in [-0.39, 0.29) is 23.3 Å². The maximum Gasteiger partial charge on any atom is 0.175 e. The van der Waals surface area contributed by atoms with E-state index in [1.54, 1.807) is 0 Å². The number of Topliss-reactive ketones (excluding diaryl/α,β-unsaturated/α-hetero) is 1. The second kappa shape index (κ2) is 8.30. The Labute approximate surface area is 178 Å². The second-order valence-electron chi connectivity index (χ2n) is 8.49. The molecule has 160 valence electrons. The molecule has 6 nitrogen and oxygen atoms in total. The van der Waals surface area contributed by atoms with E-state index in [1.165, 1.54) is 11.8 Å². The number of aryl methyl sites for hydroxylation is 2. The van der Waals surface area contributed by atoms with Crippen LogP contribution in [0.5, 0.6) is 0 Å². The lowest BCUT2D eigenvalue weighted by Gasteiger charge is -2.16. The van der Waals surface area contributed by atoms with Gasteiger partial charge in [0.1, 0.15) is 0 Å². The maximum atomic E-state index is 13.0. The Morgan fingerprint density at radius 2 is 1.93 bits per heavy atom. The Balaban J connectivity index is 1.78. The summed E-state index contributed by atoms with van der Waals surface area (Å²) in [4.78, 5) is 17.6. The van der Waals surface area contributed by atoms with E-state index in [9.17, 15) is 13.2 Å². The van der Waals surface area contributed by atoms with Crippen molar-refractivity contribution in [3.05, 3.63) is 34.4 Å². The SMILES string of the molecule is Cc1nc(SCC(=O)c2cc(C)n(C3CCS(=O)(=O)C3)c2C)n(CC(C)C)c1C. The zero-order valence-corrected chi connectivity index (χ0v) is 19.8. The van der Waals surface area contributed by atoms with Crippen molar-refractivity contribution in [3.8, 4) is 0 Å². The van der Waals surface area contributed by atoms with Crippen LogP contribution in [0.4, 0.5) is 0 Å². The molecule has 0 radical (unpaired) electrons. The topological polar surface area (TPSA) is 74.0 Å². The lowest BCUT2D eigenvalue weighted by atomic mass is 10.2. The van der Waals surface area contributed by atoms with Crippen molar-refractivity contribution >= 4 is 27.4 Å². The highest BCUT2D eigenvalue weighted by atomic mass is 32.2. The van der Waals surface area contributed by atoms with E-state index in [0.29, 0.717) is 23.7 Å². The molecular weight excluding hydrogens is 406 g/mol. The summed E-state index contributed by atoms with van der Waals surface area (Å²) in [6.45, 7) is 13.2. The summed E-state index contributed by atoms with van der Waals surface area (Å²) in [5.41, 5.74) is 4.66. The van der Waals surface area contributed by atoms with Crippen LogP contribution in [-0.4, -0.2) is 45.6 Å². The predicted molar refractivity (Wildman–Crippen MR) is 118 cm³/mol. The highest BCUT2D eigenvalue weighted by molar-refractivity contribution is 7.99. The molecule has 0 spiro atoms. The van der Waals surface area contributed by atoms with Crippen LogP contribution < -0.4 is 0 Å². The van der Waals surface area contributed by atoms with Gasteiger partial charge in [-0.05, 0) is 46.1 Å². The van der Waals surface area contributed by atoms with Gasteiger partial charge >= 0.3 is 0 Å². The van der Waals surface area contributed by atoms with E-state index >= 15 is 0 Å². The summed E-state index contributed by atoms with van der Waals surface area (Å²) in [6, 6.07) is 1.84. The Bertz CT molecular complexity index is 1030. The molecule has 1 saturated heterocycles. The highest BCUT2D eigenvalue weighted by Gasteiger charge is 2.31. The van der Waals surface area contributed by atoms with Crippen molar-refractivity contribution in [1.82, 2.24) is 14.1 Å². The Morgan fingerprint density at radius 3 is 2.52 bits per heavy atom. The van der Waals surface area contributed by atoms with Gasteiger partial charge in [-0.15, -0.1) is 0 Å². The molecule has 0 saturated carbocycles. The fourth-order valence-electron chi connectivity index (χ4n) is 4.12. The Kier molecular flexibility index (Phi) is 6.34. The van der Waals surface area contributed by atoms with E-state index in [2.05, 4.69) is 30.3 Å². The first-order valence-corrected chi connectivity index (χ1v) is 12.9. The zero-order chi connectivity index (χ0) is 21.5. The minimum absolute atomic E-state index is 0.0598. The lowest BCUT2D eigenvalue weighted by molar-refractivity contribution is 0.102. The number of hydrogen-bond donors (Lipinski definition) is 0. The van der Waals surface area contributed by atoms with Crippen LogP contribution in [0.2, 0.25) is 0 Å². The molecule has 2 aromatic rings. The normalized spacial score (nSPS) is 18.7. The molecule has 8 heteroatoms. The average molecular weight is 438 g/mol. The van der Waals surface area contributed by atoms with Crippen molar-refractivity contribution in [3.63, 3.8) is 0 Å². The van der Waals surface area contributed by atoms with E-state index in [0.717, 1.165) is 34.5 Å². The third-order valence-electron chi connectivity index (χ3n) is 5.66. The van der Waals surface area contributed by atoms with Crippen molar-refractivity contribution in [2.75, 3.05) is 17.3 Å². The minimum atomic E-state index is -2.97. The lowest BCUT2D eigenvalue weighted by Crippen LogP contribution is -2.15. The smallest absolute Gasteiger partial charge is 0.175 e. The summed E-state index contributed by atoms with van der Waals surface area (Å²) in [5, 5.41) is 0.887. The molecule has 0 N–H and O–H groups in total. The Hall–Kier alpha value is -1.54. The largest absolute Gasteiger partial charge is 0.344 e. The zero-order valence-electron chi connectivity index (χ0n) is 18.2. The fourth-order valence-corrected chi connectivity index (χ4v) is 6.81. The number of ketones is 1. The van der Waals surface area contributed by atoms with Crippen molar-refractivity contribution in [2.45, 2.75) is 65.7 Å². The van der Waals surface area contributed by atoms with Gasteiger partial charge in [0.15, 0.2) is 20.8 Å². The van der Waals surface area contributed by atoms with Gasteiger partial charge in [0.25, 0.3) is 0 Å². The Morgan fingerprint density at radius 1 is 1.24 bits per heavy atom. The molecule has 0 bridgehead atoms.